The number of fused-ring (bicyclic) bond motifs is 9. The summed E-state index contributed by atoms with van der Waals surface area (Å²) >= 11 is 0. The average Bonchev–Trinajstić information content (AvgIpc) is 4.06. The molecule has 0 saturated carbocycles. The molecular weight excluding hydrogens is 819 g/mol. The normalized spacial score (nSPS) is 11.9. The number of nitriles is 1. The number of para-hydroxylation sites is 2. The van der Waals surface area contributed by atoms with E-state index in [0.29, 0.717) is 28.2 Å². The summed E-state index contributed by atoms with van der Waals surface area (Å²) in [4.78, 5) is 9.69. The van der Waals surface area contributed by atoms with E-state index in [-0.39, 0.29) is 0 Å². The van der Waals surface area contributed by atoms with Crippen LogP contribution in [0.5, 0.6) is 0 Å². The second-order valence-electron chi connectivity index (χ2n) is 17.1. The lowest BCUT2D eigenvalue weighted by Gasteiger charge is -2.25. The first-order chi connectivity index (χ1) is 33.2. The molecule has 0 amide bonds. The highest BCUT2D eigenvalue weighted by atomic mass is 16.3. The number of rotatable bonds is 5. The van der Waals surface area contributed by atoms with Crippen LogP contribution in [0.25, 0.3) is 137 Å². The van der Waals surface area contributed by atoms with Crippen molar-refractivity contribution in [3.63, 3.8) is 0 Å². The van der Waals surface area contributed by atoms with Crippen molar-refractivity contribution in [2.45, 2.75) is 0 Å². The summed E-state index contributed by atoms with van der Waals surface area (Å²) in [6.45, 7) is 9.20. The van der Waals surface area contributed by atoms with Gasteiger partial charge < -0.3 is 13.6 Å². The Morgan fingerprint density at radius 2 is 1.07 bits per heavy atom. The first-order valence-electron chi connectivity index (χ1n) is 22.3. The Bertz CT molecular complexity index is 4380. The monoisotopic (exact) mass is 851 g/mol. The van der Waals surface area contributed by atoms with Gasteiger partial charge in [0.1, 0.15) is 22.9 Å². The van der Waals surface area contributed by atoms with Crippen LogP contribution in [-0.2, 0) is 0 Å². The van der Waals surface area contributed by atoms with Crippen molar-refractivity contribution < 1.29 is 4.42 Å². The van der Waals surface area contributed by atoms with Gasteiger partial charge >= 0.3 is 0 Å². The second kappa shape index (κ2) is 14.0. The predicted molar refractivity (Wildman–Crippen MR) is 274 cm³/mol. The Balaban J connectivity index is 1.18. The van der Waals surface area contributed by atoms with E-state index in [2.05, 4.69) is 147 Å². The van der Waals surface area contributed by atoms with Gasteiger partial charge in [-0.3, -0.25) is 0 Å². The van der Waals surface area contributed by atoms with E-state index >= 15 is 0 Å². The minimum absolute atomic E-state index is 0.377. The number of hydrogen-bond donors (Lipinski definition) is 0. The third kappa shape index (κ3) is 5.04. The molecule has 0 atom stereocenters. The van der Waals surface area contributed by atoms with Gasteiger partial charge in [0.05, 0.1) is 40.1 Å². The van der Waals surface area contributed by atoms with E-state index in [4.69, 9.17) is 9.40 Å². The molecule has 14 rings (SSSR count). The molecular formula is C61H33N5O. The minimum Gasteiger partial charge on any atom is -0.456 e. The standard InChI is InChI=1S/C61H33N5O/c1-63-58-53(36-16-4-2-5-17-36)47(35-62)59(65-48-26-12-10-22-42(48)46-34-38(30-31-49(46)65)39-24-15-29-52-55(39)45-23-11-13-28-51(45)67-52)54(37-18-6-3-7-19-37)60(58)66-50-27-14-25-43-40-20-8-9-21-41(40)44-32-33-64-61(66)57(44)56(43)50/h2-34H. The highest BCUT2D eigenvalue weighted by molar-refractivity contribution is 6.34. The lowest BCUT2D eigenvalue weighted by Crippen LogP contribution is -2.09. The van der Waals surface area contributed by atoms with Crippen molar-refractivity contribution in [1.82, 2.24) is 14.1 Å². The lowest BCUT2D eigenvalue weighted by atomic mass is 9.88. The van der Waals surface area contributed by atoms with E-state index in [0.717, 1.165) is 115 Å². The molecule has 0 bridgehead atoms. The van der Waals surface area contributed by atoms with Gasteiger partial charge in [0.15, 0.2) is 0 Å². The Morgan fingerprint density at radius 3 is 1.84 bits per heavy atom. The van der Waals surface area contributed by atoms with E-state index in [1.807, 2.05) is 72.9 Å². The molecule has 0 fully saturated rings. The van der Waals surface area contributed by atoms with Crippen LogP contribution < -0.4 is 0 Å². The van der Waals surface area contributed by atoms with Crippen molar-refractivity contribution in [3.05, 3.63) is 217 Å². The van der Waals surface area contributed by atoms with Gasteiger partial charge in [0.2, 0.25) is 5.69 Å². The maximum absolute atomic E-state index is 11.8. The van der Waals surface area contributed by atoms with Gasteiger partial charge in [-0.15, -0.1) is 0 Å². The van der Waals surface area contributed by atoms with Crippen LogP contribution in [0.3, 0.4) is 0 Å². The number of nitrogens with zero attached hydrogens (tertiary/aromatic N) is 5. The van der Waals surface area contributed by atoms with Crippen LogP contribution in [0.2, 0.25) is 0 Å². The van der Waals surface area contributed by atoms with Crippen LogP contribution in [-0.4, -0.2) is 14.1 Å². The topological polar surface area (TPSA) is 64.0 Å². The molecule has 0 aliphatic heterocycles. The van der Waals surface area contributed by atoms with Gasteiger partial charge in [-0.05, 0) is 86.3 Å². The van der Waals surface area contributed by atoms with Crippen LogP contribution in [0, 0.1) is 17.9 Å². The van der Waals surface area contributed by atoms with Crippen molar-refractivity contribution >= 4 is 92.9 Å². The van der Waals surface area contributed by atoms with Gasteiger partial charge in [-0.2, -0.15) is 5.26 Å². The summed E-state index contributed by atoms with van der Waals surface area (Å²) in [7, 11) is 0. The molecule has 6 heteroatoms. The fourth-order valence-electron chi connectivity index (χ4n) is 11.1. The fraction of sp³-hybridized carbons (Fsp3) is 0. The molecule has 6 nitrogen and oxygen atoms in total. The first kappa shape index (κ1) is 36.9. The molecule has 4 aromatic heterocycles. The molecule has 0 unspecified atom stereocenters. The number of benzene rings is 10. The van der Waals surface area contributed by atoms with Crippen LogP contribution >= 0.6 is 0 Å². The Hall–Kier alpha value is -9.49. The molecule has 0 N–H and O–H groups in total. The fourth-order valence-corrected chi connectivity index (χ4v) is 11.1. The molecule has 0 saturated heterocycles. The molecule has 0 aliphatic rings. The quantitative estimate of drug-likeness (QED) is 0.128. The zero-order chi connectivity index (χ0) is 44.3. The smallest absolute Gasteiger partial charge is 0.220 e. The van der Waals surface area contributed by atoms with E-state index in [1.165, 1.54) is 0 Å². The van der Waals surface area contributed by atoms with Gasteiger partial charge in [0.25, 0.3) is 0 Å². The van der Waals surface area contributed by atoms with E-state index in [1.54, 1.807) is 0 Å². The summed E-state index contributed by atoms with van der Waals surface area (Å²) in [5.74, 6) is 0. The Kier molecular flexibility index (Phi) is 7.72. The molecule has 14 aromatic rings. The second-order valence-corrected chi connectivity index (χ2v) is 17.1. The summed E-state index contributed by atoms with van der Waals surface area (Å²) in [6, 6.07) is 69.5. The molecule has 10 aromatic carbocycles. The number of furan rings is 1. The highest BCUT2D eigenvalue weighted by Crippen LogP contribution is 2.53. The molecule has 0 radical (unpaired) electrons. The van der Waals surface area contributed by atoms with Crippen molar-refractivity contribution in [2.24, 2.45) is 0 Å². The number of hydrogen-bond acceptors (Lipinski definition) is 3. The van der Waals surface area contributed by atoms with Gasteiger partial charge in [-0.1, -0.05) is 152 Å². The first-order valence-corrected chi connectivity index (χ1v) is 22.3. The third-order valence-corrected chi connectivity index (χ3v) is 13.8. The minimum atomic E-state index is 0.377. The molecule has 0 spiro atoms. The van der Waals surface area contributed by atoms with Crippen molar-refractivity contribution in [3.8, 4) is 50.8 Å². The van der Waals surface area contributed by atoms with E-state index < -0.39 is 0 Å². The summed E-state index contributed by atoms with van der Waals surface area (Å²) in [5, 5.41) is 22.7. The summed E-state index contributed by atoms with van der Waals surface area (Å²) in [5.41, 5.74) is 12.5. The zero-order valence-corrected chi connectivity index (χ0v) is 35.7. The van der Waals surface area contributed by atoms with Crippen molar-refractivity contribution in [2.75, 3.05) is 0 Å². The zero-order valence-electron chi connectivity index (χ0n) is 35.7. The number of aromatic nitrogens is 3. The number of pyridine rings is 1. The van der Waals surface area contributed by atoms with Crippen LogP contribution in [0.4, 0.5) is 5.69 Å². The van der Waals surface area contributed by atoms with E-state index in [9.17, 15) is 11.8 Å². The summed E-state index contributed by atoms with van der Waals surface area (Å²) < 4.78 is 10.8. The Labute approximate surface area is 383 Å². The molecule has 308 valence electrons. The van der Waals surface area contributed by atoms with Crippen LogP contribution in [0.15, 0.2) is 205 Å². The predicted octanol–water partition coefficient (Wildman–Crippen LogP) is 16.3. The molecule has 67 heavy (non-hydrogen) atoms. The maximum Gasteiger partial charge on any atom is 0.220 e. The Morgan fingerprint density at radius 1 is 0.463 bits per heavy atom. The lowest BCUT2D eigenvalue weighted by molar-refractivity contribution is 0.669. The van der Waals surface area contributed by atoms with Crippen LogP contribution in [0.1, 0.15) is 5.56 Å². The summed E-state index contributed by atoms with van der Waals surface area (Å²) in [6.07, 6.45) is 1.88. The molecule has 0 aliphatic carbocycles. The highest BCUT2D eigenvalue weighted by Gasteiger charge is 2.32. The van der Waals surface area contributed by atoms with Crippen molar-refractivity contribution in [1.29, 1.82) is 5.26 Å². The van der Waals surface area contributed by atoms with Gasteiger partial charge in [0, 0.05) is 49.6 Å². The SMILES string of the molecule is [C-]#[N+]c1c(-c2ccccc2)c(C#N)c(-n2c3ccccc3c3cc(-c4cccc5oc6ccccc6c45)ccc32)c(-c2ccccc2)c1-n1c2cccc3c4ccccc4c4ccnc1c4c32. The maximum atomic E-state index is 11.8. The van der Waals surface area contributed by atoms with Gasteiger partial charge in [-0.25, -0.2) is 9.83 Å². The largest absolute Gasteiger partial charge is 0.456 e. The molecule has 4 heterocycles. The average molecular weight is 852 g/mol. The third-order valence-electron chi connectivity index (χ3n) is 13.8.